The van der Waals surface area contributed by atoms with Crippen LogP contribution in [0.4, 0.5) is 5.69 Å². The van der Waals surface area contributed by atoms with E-state index >= 15 is 0 Å². The minimum Gasteiger partial charge on any atom is -0.376 e. The molecule has 0 bridgehead atoms. The predicted molar refractivity (Wildman–Crippen MR) is 95.5 cm³/mol. The molecule has 2 heterocycles. The summed E-state index contributed by atoms with van der Waals surface area (Å²) in [5.41, 5.74) is 2.50. The molecule has 1 N–H and O–H groups in total. The molecule has 0 radical (unpaired) electrons. The number of ether oxygens (including phenoxy) is 1. The van der Waals surface area contributed by atoms with Gasteiger partial charge in [0.15, 0.2) is 5.96 Å². The van der Waals surface area contributed by atoms with Crippen LogP contribution in [0.15, 0.2) is 29.3 Å². The second-order valence-electron chi connectivity index (χ2n) is 6.47. The van der Waals surface area contributed by atoms with E-state index < -0.39 is 0 Å². The van der Waals surface area contributed by atoms with Gasteiger partial charge in [-0.05, 0) is 30.9 Å². The molecule has 2 aliphatic heterocycles. The maximum atomic E-state index is 11.9. The average Bonchev–Trinajstić information content (AvgIpc) is 3.24. The second kappa shape index (κ2) is 7.66. The molecule has 1 atom stereocenters. The van der Waals surface area contributed by atoms with Gasteiger partial charge in [0.05, 0.1) is 6.10 Å². The molecule has 2 aliphatic rings. The lowest BCUT2D eigenvalue weighted by Gasteiger charge is -2.24. The lowest BCUT2D eigenvalue weighted by Crippen LogP contribution is -2.44. The Bertz CT molecular complexity index is 609. The Morgan fingerprint density at radius 1 is 1.42 bits per heavy atom. The zero-order valence-corrected chi connectivity index (χ0v) is 14.5. The number of carbonyl (C=O) groups is 1. The minimum atomic E-state index is -0.00102. The van der Waals surface area contributed by atoms with Crippen LogP contribution in [0.1, 0.15) is 18.4 Å². The van der Waals surface area contributed by atoms with Crippen LogP contribution in [-0.2, 0) is 16.0 Å². The molecule has 0 aliphatic carbocycles. The number of nitrogens with zero attached hydrogens (tertiary/aromatic N) is 3. The van der Waals surface area contributed by atoms with Gasteiger partial charge < -0.3 is 19.9 Å². The van der Waals surface area contributed by atoms with Crippen LogP contribution in [-0.4, -0.2) is 63.2 Å². The van der Waals surface area contributed by atoms with Gasteiger partial charge in [0.25, 0.3) is 0 Å². The highest BCUT2D eigenvalue weighted by atomic mass is 16.5. The maximum Gasteiger partial charge on any atom is 0.243 e. The van der Waals surface area contributed by atoms with Crippen LogP contribution >= 0.6 is 0 Å². The van der Waals surface area contributed by atoms with Crippen LogP contribution in [0, 0.1) is 0 Å². The Morgan fingerprint density at radius 2 is 2.25 bits per heavy atom. The summed E-state index contributed by atoms with van der Waals surface area (Å²) in [6.07, 6.45) is 3.42. The third-order valence-corrected chi connectivity index (χ3v) is 4.52. The number of hydrogen-bond donors (Lipinski definition) is 1. The Labute approximate surface area is 143 Å². The number of aliphatic imine (C=N–C) groups is 1. The number of fused-ring (bicyclic) bond motifs is 1. The van der Waals surface area contributed by atoms with Gasteiger partial charge in [0.2, 0.25) is 5.91 Å². The summed E-state index contributed by atoms with van der Waals surface area (Å²) in [5, 5.41) is 3.42. The molecule has 6 heteroatoms. The fourth-order valence-corrected chi connectivity index (χ4v) is 3.09. The lowest BCUT2D eigenvalue weighted by atomic mass is 10.2. The van der Waals surface area contributed by atoms with Crippen LogP contribution in [0.5, 0.6) is 0 Å². The largest absolute Gasteiger partial charge is 0.376 e. The quantitative estimate of drug-likeness (QED) is 0.667. The molecule has 0 spiro atoms. The summed E-state index contributed by atoms with van der Waals surface area (Å²) in [4.78, 5) is 20.2. The van der Waals surface area contributed by atoms with Gasteiger partial charge in [-0.2, -0.15) is 0 Å². The summed E-state index contributed by atoms with van der Waals surface area (Å²) in [5.74, 6) is 0.768. The molecule has 3 rings (SSSR count). The van der Waals surface area contributed by atoms with Crippen molar-refractivity contribution in [1.82, 2.24) is 10.2 Å². The Kier molecular flexibility index (Phi) is 5.35. The van der Waals surface area contributed by atoms with Gasteiger partial charge in [-0.1, -0.05) is 18.2 Å². The highest BCUT2D eigenvalue weighted by Gasteiger charge is 2.24. The number of amides is 1. The SMILES string of the molecule is CN(C)C(=O)CN=C(NCC1CCCO1)N1CCc2ccccc21. The third-order valence-electron chi connectivity index (χ3n) is 4.52. The van der Waals surface area contributed by atoms with Gasteiger partial charge in [-0.15, -0.1) is 0 Å². The molecule has 1 aromatic rings. The van der Waals surface area contributed by atoms with Gasteiger partial charge >= 0.3 is 0 Å². The molecule has 24 heavy (non-hydrogen) atoms. The summed E-state index contributed by atoms with van der Waals surface area (Å²) < 4.78 is 5.69. The number of hydrogen-bond acceptors (Lipinski definition) is 3. The predicted octanol–water partition coefficient (Wildman–Crippen LogP) is 1.26. The highest BCUT2D eigenvalue weighted by Crippen LogP contribution is 2.27. The molecule has 6 nitrogen and oxygen atoms in total. The average molecular weight is 330 g/mol. The van der Waals surface area contributed by atoms with Gasteiger partial charge in [0.1, 0.15) is 6.54 Å². The number of benzene rings is 1. The van der Waals surface area contributed by atoms with E-state index in [2.05, 4.69) is 33.4 Å². The van der Waals surface area contributed by atoms with E-state index in [1.54, 1.807) is 19.0 Å². The van der Waals surface area contributed by atoms with Crippen molar-refractivity contribution < 1.29 is 9.53 Å². The lowest BCUT2D eigenvalue weighted by molar-refractivity contribution is -0.127. The third kappa shape index (κ3) is 3.87. The fraction of sp³-hybridized carbons (Fsp3) is 0.556. The first-order valence-corrected chi connectivity index (χ1v) is 8.60. The van der Waals surface area contributed by atoms with Crippen LogP contribution in [0.2, 0.25) is 0 Å². The molecule has 1 unspecified atom stereocenters. The molecule has 0 aromatic heterocycles. The van der Waals surface area contributed by atoms with E-state index in [0.29, 0.717) is 0 Å². The number of likely N-dealkylation sites (N-methyl/N-ethyl adjacent to an activating group) is 1. The first-order valence-electron chi connectivity index (χ1n) is 8.60. The van der Waals surface area contributed by atoms with Crippen molar-refractivity contribution in [3.05, 3.63) is 29.8 Å². The van der Waals surface area contributed by atoms with Crippen molar-refractivity contribution in [3.63, 3.8) is 0 Å². The molecule has 1 amide bonds. The normalized spacial score (nSPS) is 20.2. The first-order chi connectivity index (χ1) is 11.6. The summed E-state index contributed by atoms with van der Waals surface area (Å²) in [6, 6.07) is 8.37. The van der Waals surface area contributed by atoms with Crippen molar-refractivity contribution >= 4 is 17.6 Å². The molecule has 1 fully saturated rings. The fourth-order valence-electron chi connectivity index (χ4n) is 3.09. The molecular weight excluding hydrogens is 304 g/mol. The van der Waals surface area contributed by atoms with E-state index in [-0.39, 0.29) is 18.6 Å². The number of guanidine groups is 1. The van der Waals surface area contributed by atoms with Crippen LogP contribution in [0.3, 0.4) is 0 Å². The van der Waals surface area contributed by atoms with E-state index in [0.717, 1.165) is 44.9 Å². The zero-order chi connectivity index (χ0) is 16.9. The number of rotatable bonds is 4. The van der Waals surface area contributed by atoms with Crippen LogP contribution in [0.25, 0.3) is 0 Å². The van der Waals surface area contributed by atoms with Crippen molar-refractivity contribution in [2.75, 3.05) is 45.2 Å². The summed E-state index contributed by atoms with van der Waals surface area (Å²) in [6.45, 7) is 2.60. The number of carbonyl (C=O) groups excluding carboxylic acids is 1. The molecule has 0 saturated carbocycles. The van der Waals surface area contributed by atoms with Crippen molar-refractivity contribution in [1.29, 1.82) is 0 Å². The van der Waals surface area contributed by atoms with E-state index in [1.807, 2.05) is 6.07 Å². The van der Waals surface area contributed by atoms with Crippen LogP contribution < -0.4 is 10.2 Å². The van der Waals surface area contributed by atoms with E-state index in [4.69, 9.17) is 4.74 Å². The molecule has 1 saturated heterocycles. The number of para-hydroxylation sites is 1. The molecule has 130 valence electrons. The van der Waals surface area contributed by atoms with Crippen molar-refractivity contribution in [2.45, 2.75) is 25.4 Å². The van der Waals surface area contributed by atoms with E-state index in [9.17, 15) is 4.79 Å². The Morgan fingerprint density at radius 3 is 3.00 bits per heavy atom. The van der Waals surface area contributed by atoms with Gasteiger partial charge in [-0.3, -0.25) is 4.79 Å². The minimum absolute atomic E-state index is 0.00102. The topological polar surface area (TPSA) is 57.2 Å². The monoisotopic (exact) mass is 330 g/mol. The van der Waals surface area contributed by atoms with Crippen molar-refractivity contribution in [3.8, 4) is 0 Å². The first kappa shape index (κ1) is 16.8. The molecular formula is C18H26N4O2. The Hall–Kier alpha value is -2.08. The van der Waals surface area contributed by atoms with E-state index in [1.165, 1.54) is 11.3 Å². The van der Waals surface area contributed by atoms with Gasteiger partial charge in [-0.25, -0.2) is 4.99 Å². The number of anilines is 1. The molecule has 1 aromatic carbocycles. The highest BCUT2D eigenvalue weighted by molar-refractivity contribution is 5.99. The summed E-state index contributed by atoms with van der Waals surface area (Å²) in [7, 11) is 3.50. The standard InChI is InChI=1S/C18H26N4O2/c1-21(2)17(23)13-20-18(19-12-15-7-5-11-24-15)22-10-9-14-6-3-4-8-16(14)22/h3-4,6,8,15H,5,7,9-13H2,1-2H3,(H,19,20). The second-order valence-corrected chi connectivity index (χ2v) is 6.47. The summed E-state index contributed by atoms with van der Waals surface area (Å²) >= 11 is 0. The van der Waals surface area contributed by atoms with Gasteiger partial charge in [0, 0.05) is 39.5 Å². The smallest absolute Gasteiger partial charge is 0.243 e. The zero-order valence-electron chi connectivity index (χ0n) is 14.5. The maximum absolute atomic E-state index is 11.9. The number of nitrogens with one attached hydrogen (secondary N) is 1. The Balaban J connectivity index is 1.74. The van der Waals surface area contributed by atoms with Crippen molar-refractivity contribution in [2.24, 2.45) is 4.99 Å².